The molecule has 1 amide bonds. The summed E-state index contributed by atoms with van der Waals surface area (Å²) in [4.78, 5) is 31.9. The molecule has 3 heterocycles. The normalized spacial score (nSPS) is 15.9. The molecule has 0 bridgehead atoms. The van der Waals surface area contributed by atoms with Crippen LogP contribution in [-0.2, 0) is 9.53 Å². The minimum Gasteiger partial charge on any atom is -0.378 e. The number of aromatic amines is 1. The van der Waals surface area contributed by atoms with Crippen molar-refractivity contribution in [3.8, 4) is 0 Å². The third-order valence-corrected chi connectivity index (χ3v) is 4.40. The summed E-state index contributed by atoms with van der Waals surface area (Å²) < 4.78 is 5.89. The number of rotatable bonds is 6. The van der Waals surface area contributed by atoms with Crippen molar-refractivity contribution in [2.24, 2.45) is 5.92 Å². The highest BCUT2D eigenvalue weighted by atomic mass is 16.5. The number of aromatic nitrogens is 4. The number of nitrogens with one attached hydrogen (secondary N) is 1. The standard InChI is InChI=1S/C17H26N6O2/c1-12(2)9-25-13-4-6-23(7-5-13)14(24)8-22(3)17-15-16(19-10-18-15)20-11-21-17/h10-13H,4-9H2,1-3H3,(H,18,19,20,21). The summed E-state index contributed by atoms with van der Waals surface area (Å²) in [7, 11) is 1.86. The summed E-state index contributed by atoms with van der Waals surface area (Å²) >= 11 is 0. The van der Waals surface area contributed by atoms with Gasteiger partial charge in [0.15, 0.2) is 11.5 Å². The predicted octanol–water partition coefficient (Wildman–Crippen LogP) is 1.45. The maximum absolute atomic E-state index is 12.6. The summed E-state index contributed by atoms with van der Waals surface area (Å²) in [6, 6.07) is 0. The van der Waals surface area contributed by atoms with Crippen molar-refractivity contribution in [1.29, 1.82) is 0 Å². The van der Waals surface area contributed by atoms with Gasteiger partial charge in [0.05, 0.1) is 19.0 Å². The topological polar surface area (TPSA) is 87.2 Å². The number of likely N-dealkylation sites (tertiary alicyclic amines) is 1. The number of nitrogens with zero attached hydrogens (tertiary/aromatic N) is 5. The number of carbonyl (C=O) groups excluding carboxylic acids is 1. The van der Waals surface area contributed by atoms with Crippen LogP contribution in [0, 0.1) is 5.92 Å². The zero-order valence-electron chi connectivity index (χ0n) is 15.1. The fraction of sp³-hybridized carbons (Fsp3) is 0.647. The Morgan fingerprint density at radius 3 is 2.84 bits per heavy atom. The summed E-state index contributed by atoms with van der Waals surface area (Å²) in [6.07, 6.45) is 5.13. The van der Waals surface area contributed by atoms with Gasteiger partial charge in [-0.15, -0.1) is 0 Å². The van der Waals surface area contributed by atoms with Crippen LogP contribution in [0.1, 0.15) is 26.7 Å². The van der Waals surface area contributed by atoms with Gasteiger partial charge in [0, 0.05) is 26.7 Å². The Hall–Kier alpha value is -2.22. The molecule has 1 N–H and O–H groups in total. The van der Waals surface area contributed by atoms with E-state index in [4.69, 9.17) is 4.74 Å². The average Bonchev–Trinajstić information content (AvgIpc) is 3.08. The fourth-order valence-corrected chi connectivity index (χ4v) is 3.02. The molecule has 8 nitrogen and oxygen atoms in total. The minimum absolute atomic E-state index is 0.107. The summed E-state index contributed by atoms with van der Waals surface area (Å²) in [5, 5.41) is 0. The number of anilines is 1. The molecule has 1 saturated heterocycles. The van der Waals surface area contributed by atoms with E-state index in [1.54, 1.807) is 6.33 Å². The number of H-pyrrole nitrogens is 1. The van der Waals surface area contributed by atoms with Crippen LogP contribution in [0.4, 0.5) is 5.82 Å². The van der Waals surface area contributed by atoms with Gasteiger partial charge in [-0.1, -0.05) is 13.8 Å². The predicted molar refractivity (Wildman–Crippen MR) is 95.3 cm³/mol. The van der Waals surface area contributed by atoms with E-state index in [0.29, 0.717) is 17.4 Å². The van der Waals surface area contributed by atoms with E-state index < -0.39 is 0 Å². The number of ether oxygens (including phenoxy) is 1. The molecule has 0 spiro atoms. The number of imidazole rings is 1. The number of hydrogen-bond acceptors (Lipinski definition) is 6. The van der Waals surface area contributed by atoms with Gasteiger partial charge in [0.2, 0.25) is 5.91 Å². The van der Waals surface area contributed by atoms with Crippen LogP contribution in [0.3, 0.4) is 0 Å². The highest BCUT2D eigenvalue weighted by molar-refractivity contribution is 5.87. The first-order chi connectivity index (χ1) is 12.0. The van der Waals surface area contributed by atoms with Gasteiger partial charge in [-0.3, -0.25) is 4.79 Å². The summed E-state index contributed by atoms with van der Waals surface area (Å²) in [5.41, 5.74) is 1.35. The van der Waals surface area contributed by atoms with Crippen molar-refractivity contribution >= 4 is 22.9 Å². The number of carbonyl (C=O) groups is 1. The quantitative estimate of drug-likeness (QED) is 0.852. The van der Waals surface area contributed by atoms with Gasteiger partial charge in [-0.2, -0.15) is 0 Å². The third-order valence-electron chi connectivity index (χ3n) is 4.40. The number of likely N-dealkylation sites (N-methyl/N-ethyl adjacent to an activating group) is 1. The lowest BCUT2D eigenvalue weighted by atomic mass is 10.1. The summed E-state index contributed by atoms with van der Waals surface area (Å²) in [5.74, 6) is 1.34. The van der Waals surface area contributed by atoms with Gasteiger partial charge in [0.1, 0.15) is 11.8 Å². The van der Waals surface area contributed by atoms with Crippen molar-refractivity contribution in [3.63, 3.8) is 0 Å². The molecular formula is C17H26N6O2. The van der Waals surface area contributed by atoms with Crippen molar-refractivity contribution < 1.29 is 9.53 Å². The number of hydrogen-bond donors (Lipinski definition) is 1. The molecule has 1 aliphatic rings. The molecule has 1 aliphatic heterocycles. The zero-order chi connectivity index (χ0) is 17.8. The number of fused-ring (bicyclic) bond motifs is 1. The van der Waals surface area contributed by atoms with Crippen LogP contribution in [0.15, 0.2) is 12.7 Å². The first-order valence-electron chi connectivity index (χ1n) is 8.79. The fourth-order valence-electron chi connectivity index (χ4n) is 3.02. The molecular weight excluding hydrogens is 320 g/mol. The van der Waals surface area contributed by atoms with Gasteiger partial charge >= 0.3 is 0 Å². The van der Waals surface area contributed by atoms with Crippen molar-refractivity contribution in [2.45, 2.75) is 32.8 Å². The van der Waals surface area contributed by atoms with E-state index in [2.05, 4.69) is 33.8 Å². The van der Waals surface area contributed by atoms with E-state index >= 15 is 0 Å². The van der Waals surface area contributed by atoms with Gasteiger partial charge in [-0.25, -0.2) is 15.0 Å². The molecule has 8 heteroatoms. The molecule has 136 valence electrons. The Labute approximate surface area is 147 Å². The lowest BCUT2D eigenvalue weighted by Gasteiger charge is -2.33. The van der Waals surface area contributed by atoms with Crippen LogP contribution in [0.5, 0.6) is 0 Å². The largest absolute Gasteiger partial charge is 0.378 e. The van der Waals surface area contributed by atoms with Crippen molar-refractivity contribution in [1.82, 2.24) is 24.8 Å². The molecule has 0 aromatic carbocycles. The van der Waals surface area contributed by atoms with Crippen LogP contribution in [0.25, 0.3) is 11.2 Å². The third kappa shape index (κ3) is 4.25. The Morgan fingerprint density at radius 1 is 1.36 bits per heavy atom. The minimum atomic E-state index is 0.107. The van der Waals surface area contributed by atoms with Gasteiger partial charge < -0.3 is 19.5 Å². The smallest absolute Gasteiger partial charge is 0.242 e. The van der Waals surface area contributed by atoms with Gasteiger partial charge in [-0.05, 0) is 18.8 Å². The van der Waals surface area contributed by atoms with E-state index in [9.17, 15) is 4.79 Å². The average molecular weight is 346 g/mol. The van der Waals surface area contributed by atoms with Gasteiger partial charge in [0.25, 0.3) is 0 Å². The van der Waals surface area contributed by atoms with Crippen LogP contribution >= 0.6 is 0 Å². The second-order valence-electron chi connectivity index (χ2n) is 6.96. The van der Waals surface area contributed by atoms with Crippen molar-refractivity contribution in [2.75, 3.05) is 38.2 Å². The first kappa shape index (κ1) is 17.6. The Kier molecular flexibility index (Phi) is 5.47. The Balaban J connectivity index is 1.53. The van der Waals surface area contributed by atoms with E-state index in [-0.39, 0.29) is 18.6 Å². The highest BCUT2D eigenvalue weighted by Crippen LogP contribution is 2.19. The maximum atomic E-state index is 12.6. The van der Waals surface area contributed by atoms with E-state index in [1.165, 1.54) is 6.33 Å². The Morgan fingerprint density at radius 2 is 2.12 bits per heavy atom. The molecule has 0 atom stereocenters. The van der Waals surface area contributed by atoms with Crippen molar-refractivity contribution in [3.05, 3.63) is 12.7 Å². The maximum Gasteiger partial charge on any atom is 0.242 e. The van der Waals surface area contributed by atoms with E-state index in [1.807, 2.05) is 16.8 Å². The molecule has 0 unspecified atom stereocenters. The number of amides is 1. The SMILES string of the molecule is CC(C)COC1CCN(C(=O)CN(C)c2ncnc3nc[nH]c23)CC1. The first-order valence-corrected chi connectivity index (χ1v) is 8.79. The molecule has 0 saturated carbocycles. The lowest BCUT2D eigenvalue weighted by Crippen LogP contribution is -2.45. The lowest BCUT2D eigenvalue weighted by molar-refractivity contribution is -0.132. The molecule has 0 radical (unpaired) electrons. The molecule has 2 aromatic heterocycles. The zero-order valence-corrected chi connectivity index (χ0v) is 15.1. The van der Waals surface area contributed by atoms with Crippen LogP contribution in [0.2, 0.25) is 0 Å². The summed E-state index contributed by atoms with van der Waals surface area (Å²) in [6.45, 7) is 6.87. The molecule has 0 aliphatic carbocycles. The monoisotopic (exact) mass is 346 g/mol. The van der Waals surface area contributed by atoms with Crippen LogP contribution in [-0.4, -0.2) is 70.1 Å². The number of piperidine rings is 1. The molecule has 2 aromatic rings. The molecule has 1 fully saturated rings. The second-order valence-corrected chi connectivity index (χ2v) is 6.96. The highest BCUT2D eigenvalue weighted by Gasteiger charge is 2.24. The second kappa shape index (κ2) is 7.77. The molecule has 3 rings (SSSR count). The van der Waals surface area contributed by atoms with E-state index in [0.717, 1.165) is 38.1 Å². The molecule has 25 heavy (non-hydrogen) atoms. The Bertz CT molecular complexity index is 708. The van der Waals surface area contributed by atoms with Crippen LogP contribution < -0.4 is 4.90 Å².